The minimum Gasteiger partial charge on any atom is -0.394 e. The topological polar surface area (TPSA) is 104 Å². The summed E-state index contributed by atoms with van der Waals surface area (Å²) in [5, 5.41) is 26.9. The first-order valence-electron chi connectivity index (χ1n) is 5.30. The van der Waals surface area contributed by atoms with Crippen molar-refractivity contribution in [1.82, 2.24) is 0 Å². The Bertz CT molecular complexity index is 467. The molecule has 1 rings (SSSR count). The van der Waals surface area contributed by atoms with Crippen molar-refractivity contribution < 1.29 is 27.9 Å². The highest BCUT2D eigenvalue weighted by Crippen LogP contribution is 2.13. The number of hydrogen-bond acceptors (Lipinski definition) is 6. The summed E-state index contributed by atoms with van der Waals surface area (Å²) in [4.78, 5) is -0.0289. The Morgan fingerprint density at radius 1 is 1.17 bits per heavy atom. The summed E-state index contributed by atoms with van der Waals surface area (Å²) >= 11 is 0. The second kappa shape index (κ2) is 6.26. The molecule has 6 nitrogen and oxygen atoms in total. The quantitative estimate of drug-likeness (QED) is 0.600. The molecule has 0 radical (unpaired) electrons. The molecule has 18 heavy (non-hydrogen) atoms. The zero-order valence-electron chi connectivity index (χ0n) is 9.85. The van der Waals surface area contributed by atoms with Gasteiger partial charge in [-0.2, -0.15) is 8.42 Å². The van der Waals surface area contributed by atoms with Gasteiger partial charge in [-0.3, -0.25) is 4.18 Å². The average Bonchev–Trinajstić information content (AvgIpc) is 2.35. The molecule has 0 spiro atoms. The molecule has 0 aromatic heterocycles. The van der Waals surface area contributed by atoms with Crippen LogP contribution in [0.15, 0.2) is 29.2 Å². The van der Waals surface area contributed by atoms with Crippen molar-refractivity contribution >= 4 is 10.1 Å². The first-order valence-corrected chi connectivity index (χ1v) is 6.70. The zero-order valence-corrected chi connectivity index (χ0v) is 10.7. The predicted octanol–water partition coefficient (Wildman–Crippen LogP) is -0.586. The lowest BCUT2D eigenvalue weighted by molar-refractivity contribution is -0.0329. The molecule has 7 heteroatoms. The molecule has 1 aromatic carbocycles. The molecular formula is C11H16O6S. The van der Waals surface area contributed by atoms with Crippen molar-refractivity contribution in [3.63, 3.8) is 0 Å². The van der Waals surface area contributed by atoms with Crippen molar-refractivity contribution in [3.8, 4) is 0 Å². The predicted molar refractivity (Wildman–Crippen MR) is 63.4 cm³/mol. The van der Waals surface area contributed by atoms with E-state index in [4.69, 9.17) is 10.2 Å². The van der Waals surface area contributed by atoms with Crippen molar-refractivity contribution in [3.05, 3.63) is 29.8 Å². The Morgan fingerprint density at radius 3 is 2.22 bits per heavy atom. The molecule has 0 saturated carbocycles. The second-order valence-corrected chi connectivity index (χ2v) is 5.48. The SMILES string of the molecule is Cc1ccc(S(=O)(=O)OC[C@@H](O)[C@H](O)CO)cc1. The molecule has 0 bridgehead atoms. The van der Waals surface area contributed by atoms with Gasteiger partial charge in [0.25, 0.3) is 10.1 Å². The van der Waals surface area contributed by atoms with Gasteiger partial charge in [0.1, 0.15) is 12.2 Å². The van der Waals surface area contributed by atoms with E-state index in [0.717, 1.165) is 5.56 Å². The number of aliphatic hydroxyl groups is 3. The van der Waals surface area contributed by atoms with Gasteiger partial charge in [-0.1, -0.05) is 17.7 Å². The van der Waals surface area contributed by atoms with Crippen molar-refractivity contribution in [2.24, 2.45) is 0 Å². The monoisotopic (exact) mass is 276 g/mol. The van der Waals surface area contributed by atoms with Crippen LogP contribution in [0.3, 0.4) is 0 Å². The summed E-state index contributed by atoms with van der Waals surface area (Å²) in [6.07, 6.45) is -2.89. The van der Waals surface area contributed by atoms with Crippen LogP contribution in [0.4, 0.5) is 0 Å². The summed E-state index contributed by atoms with van der Waals surface area (Å²) in [5.74, 6) is 0. The Balaban J connectivity index is 2.68. The molecule has 2 atom stereocenters. The maximum atomic E-state index is 11.7. The van der Waals surface area contributed by atoms with Crippen LogP contribution in [-0.4, -0.2) is 49.2 Å². The van der Waals surface area contributed by atoms with E-state index in [0.29, 0.717) is 0 Å². The Morgan fingerprint density at radius 2 is 1.72 bits per heavy atom. The van der Waals surface area contributed by atoms with Crippen LogP contribution in [0.25, 0.3) is 0 Å². The van der Waals surface area contributed by atoms with Crippen LogP contribution >= 0.6 is 0 Å². The van der Waals surface area contributed by atoms with Gasteiger partial charge in [0, 0.05) is 0 Å². The Labute approximate surface area is 106 Å². The van der Waals surface area contributed by atoms with Crippen LogP contribution in [-0.2, 0) is 14.3 Å². The van der Waals surface area contributed by atoms with Gasteiger partial charge in [0.2, 0.25) is 0 Å². The number of benzene rings is 1. The molecule has 0 aliphatic heterocycles. The van der Waals surface area contributed by atoms with Gasteiger partial charge in [-0.15, -0.1) is 0 Å². The fourth-order valence-electron chi connectivity index (χ4n) is 1.17. The van der Waals surface area contributed by atoms with Gasteiger partial charge in [0.05, 0.1) is 18.1 Å². The van der Waals surface area contributed by atoms with E-state index < -0.39 is 35.5 Å². The normalized spacial score (nSPS) is 15.3. The molecule has 0 unspecified atom stereocenters. The van der Waals surface area contributed by atoms with Crippen LogP contribution in [0.2, 0.25) is 0 Å². The summed E-state index contributed by atoms with van der Waals surface area (Å²) in [7, 11) is -3.97. The Hall–Kier alpha value is -0.990. The second-order valence-electron chi connectivity index (χ2n) is 3.87. The smallest absolute Gasteiger partial charge is 0.297 e. The maximum Gasteiger partial charge on any atom is 0.297 e. The van der Waals surface area contributed by atoms with E-state index in [1.165, 1.54) is 12.1 Å². The number of hydrogen-bond donors (Lipinski definition) is 3. The fraction of sp³-hybridized carbons (Fsp3) is 0.455. The van der Waals surface area contributed by atoms with E-state index in [1.54, 1.807) is 12.1 Å². The molecule has 0 aliphatic carbocycles. The van der Waals surface area contributed by atoms with E-state index in [1.807, 2.05) is 6.92 Å². The molecular weight excluding hydrogens is 260 g/mol. The minimum atomic E-state index is -3.97. The summed E-state index contributed by atoms with van der Waals surface area (Å²) in [6, 6.07) is 6.02. The highest BCUT2D eigenvalue weighted by atomic mass is 32.2. The molecule has 102 valence electrons. The van der Waals surface area contributed by atoms with Gasteiger partial charge in [0.15, 0.2) is 0 Å². The van der Waals surface area contributed by atoms with Gasteiger partial charge in [-0.05, 0) is 19.1 Å². The van der Waals surface area contributed by atoms with Crippen LogP contribution in [0.1, 0.15) is 5.56 Å². The molecule has 0 aliphatic rings. The lowest BCUT2D eigenvalue weighted by Gasteiger charge is -2.15. The summed E-state index contributed by atoms with van der Waals surface area (Å²) < 4.78 is 28.0. The van der Waals surface area contributed by atoms with Gasteiger partial charge in [-0.25, -0.2) is 0 Å². The summed E-state index contributed by atoms with van der Waals surface area (Å²) in [6.45, 7) is 0.533. The third-order valence-electron chi connectivity index (χ3n) is 2.33. The molecule has 0 fully saturated rings. The molecule has 1 aromatic rings. The van der Waals surface area contributed by atoms with Crippen molar-refractivity contribution in [2.75, 3.05) is 13.2 Å². The van der Waals surface area contributed by atoms with Gasteiger partial charge >= 0.3 is 0 Å². The largest absolute Gasteiger partial charge is 0.394 e. The molecule has 3 N–H and O–H groups in total. The van der Waals surface area contributed by atoms with Crippen molar-refractivity contribution in [1.29, 1.82) is 0 Å². The van der Waals surface area contributed by atoms with Crippen molar-refractivity contribution in [2.45, 2.75) is 24.0 Å². The lowest BCUT2D eigenvalue weighted by Crippen LogP contribution is -2.34. The number of aryl methyl sites for hydroxylation is 1. The van der Waals surface area contributed by atoms with Crippen LogP contribution in [0.5, 0.6) is 0 Å². The van der Waals surface area contributed by atoms with E-state index in [2.05, 4.69) is 4.18 Å². The first kappa shape index (κ1) is 15.1. The molecule has 0 amide bonds. The highest BCUT2D eigenvalue weighted by Gasteiger charge is 2.21. The highest BCUT2D eigenvalue weighted by molar-refractivity contribution is 7.86. The maximum absolute atomic E-state index is 11.7. The summed E-state index contributed by atoms with van der Waals surface area (Å²) in [5.41, 5.74) is 0.907. The standard InChI is InChI=1S/C11H16O6S/c1-8-2-4-9(5-3-8)18(15,16)17-7-11(14)10(13)6-12/h2-5,10-14H,6-7H2,1H3/t10-,11-/m1/s1. The molecule has 0 heterocycles. The zero-order chi connectivity index (χ0) is 13.8. The first-order chi connectivity index (χ1) is 8.36. The number of rotatable bonds is 6. The lowest BCUT2D eigenvalue weighted by atomic mass is 10.2. The van der Waals surface area contributed by atoms with Crippen LogP contribution in [0, 0.1) is 6.92 Å². The minimum absolute atomic E-state index is 0.0289. The Kier molecular flexibility index (Phi) is 5.24. The van der Waals surface area contributed by atoms with E-state index in [9.17, 15) is 13.5 Å². The molecule has 0 saturated heterocycles. The number of aliphatic hydroxyl groups excluding tert-OH is 3. The van der Waals surface area contributed by atoms with Gasteiger partial charge < -0.3 is 15.3 Å². The third-order valence-corrected chi connectivity index (χ3v) is 3.63. The average molecular weight is 276 g/mol. The van der Waals surface area contributed by atoms with Crippen LogP contribution < -0.4 is 0 Å². The van der Waals surface area contributed by atoms with E-state index in [-0.39, 0.29) is 4.90 Å². The third kappa shape index (κ3) is 4.04. The fourth-order valence-corrected chi connectivity index (χ4v) is 2.09. The van der Waals surface area contributed by atoms with E-state index >= 15 is 0 Å².